The fourth-order valence-corrected chi connectivity index (χ4v) is 3.20. The second-order valence-corrected chi connectivity index (χ2v) is 6.56. The van der Waals surface area contributed by atoms with Crippen LogP contribution in [0.15, 0.2) is 30.3 Å². The van der Waals surface area contributed by atoms with Gasteiger partial charge in [-0.15, -0.1) is 0 Å². The lowest BCUT2D eigenvalue weighted by Gasteiger charge is -2.24. The summed E-state index contributed by atoms with van der Waals surface area (Å²) in [6.45, 7) is 6.06. The van der Waals surface area contributed by atoms with E-state index >= 15 is 0 Å². The first-order valence-corrected chi connectivity index (χ1v) is 8.06. The number of rotatable bonds is 6. The number of carbonyl (C=O) groups excluding carboxylic acids is 2. The first kappa shape index (κ1) is 15.0. The van der Waals surface area contributed by atoms with Crippen LogP contribution in [-0.2, 0) is 11.3 Å². The molecule has 0 bridgehead atoms. The van der Waals surface area contributed by atoms with Crippen molar-refractivity contribution < 1.29 is 14.5 Å². The highest BCUT2D eigenvalue weighted by Crippen LogP contribution is 2.42. The number of benzene rings is 1. The number of carbonyl (C=O) groups is 2. The van der Waals surface area contributed by atoms with E-state index in [0.717, 1.165) is 25.9 Å². The van der Waals surface area contributed by atoms with Crippen molar-refractivity contribution in [3.63, 3.8) is 0 Å². The minimum absolute atomic E-state index is 0.0565. The summed E-state index contributed by atoms with van der Waals surface area (Å²) in [6, 6.07) is 9.94. The molecule has 2 N–H and O–H groups in total. The zero-order chi connectivity index (χ0) is 15.7. The van der Waals surface area contributed by atoms with Gasteiger partial charge in [0.05, 0.1) is 6.54 Å². The maximum atomic E-state index is 12.7. The Kier molecular flexibility index (Phi) is 3.91. The van der Waals surface area contributed by atoms with E-state index in [0.29, 0.717) is 12.6 Å². The Hall–Kier alpha value is -1.88. The molecule has 1 aromatic carbocycles. The smallest absolute Gasteiger partial charge is 0.323 e. The number of imide groups is 1. The monoisotopic (exact) mass is 302 g/mol. The van der Waals surface area contributed by atoms with Crippen LogP contribution in [0, 0.1) is 5.92 Å². The van der Waals surface area contributed by atoms with Crippen LogP contribution >= 0.6 is 0 Å². The summed E-state index contributed by atoms with van der Waals surface area (Å²) in [5.41, 5.74) is 0.541. The maximum Gasteiger partial charge on any atom is 0.329 e. The summed E-state index contributed by atoms with van der Waals surface area (Å²) >= 11 is 0. The van der Waals surface area contributed by atoms with Crippen molar-refractivity contribution in [2.75, 3.05) is 13.2 Å². The van der Waals surface area contributed by atoms with E-state index in [1.807, 2.05) is 25.1 Å². The Morgan fingerprint density at radius 3 is 2.55 bits per heavy atom. The average molecular weight is 302 g/mol. The SMILES string of the molecule is CC[NH+](Cc1ccccc1)CN1C(=O)N[C@@](C)(C2CC2)C1=O. The van der Waals surface area contributed by atoms with Crippen LogP contribution in [0.1, 0.15) is 32.3 Å². The Balaban J connectivity index is 1.68. The number of hydrogen-bond acceptors (Lipinski definition) is 2. The van der Waals surface area contributed by atoms with E-state index in [-0.39, 0.29) is 11.9 Å². The lowest BCUT2D eigenvalue weighted by atomic mass is 9.96. The molecule has 1 unspecified atom stereocenters. The predicted molar refractivity (Wildman–Crippen MR) is 83.0 cm³/mol. The molecule has 2 fully saturated rings. The van der Waals surface area contributed by atoms with Crippen LogP contribution in [0.5, 0.6) is 0 Å². The standard InChI is InChI=1S/C17H23N3O2/c1-3-19(11-13-7-5-4-6-8-13)12-20-15(21)17(2,14-9-10-14)18-16(20)22/h4-8,14H,3,9-12H2,1-2H3,(H,18,22)/p+1/t17-/m0/s1. The summed E-state index contributed by atoms with van der Waals surface area (Å²) in [6.07, 6.45) is 2.06. The van der Waals surface area contributed by atoms with Crippen LogP contribution in [0.4, 0.5) is 4.79 Å². The van der Waals surface area contributed by atoms with Crippen LogP contribution in [0.3, 0.4) is 0 Å². The van der Waals surface area contributed by atoms with Crippen molar-refractivity contribution in [3.8, 4) is 0 Å². The summed E-state index contributed by atoms with van der Waals surface area (Å²) in [5.74, 6) is 0.257. The molecular formula is C17H24N3O2+. The summed E-state index contributed by atoms with van der Waals surface area (Å²) in [5, 5.41) is 2.91. The normalized spacial score (nSPS) is 26.2. The highest BCUT2D eigenvalue weighted by atomic mass is 16.2. The van der Waals surface area contributed by atoms with Gasteiger partial charge in [-0.05, 0) is 32.6 Å². The van der Waals surface area contributed by atoms with Gasteiger partial charge in [0, 0.05) is 5.56 Å². The third-order valence-electron chi connectivity index (χ3n) is 4.87. The highest BCUT2D eigenvalue weighted by molar-refractivity contribution is 6.07. The Bertz CT molecular complexity index is 571. The van der Waals surface area contributed by atoms with Gasteiger partial charge < -0.3 is 10.2 Å². The van der Waals surface area contributed by atoms with Gasteiger partial charge in [-0.3, -0.25) is 4.79 Å². The van der Waals surface area contributed by atoms with E-state index in [1.165, 1.54) is 15.4 Å². The number of amides is 3. The molecule has 1 aliphatic carbocycles. The fraction of sp³-hybridized carbons (Fsp3) is 0.529. The molecular weight excluding hydrogens is 278 g/mol. The third kappa shape index (κ3) is 2.73. The van der Waals surface area contributed by atoms with Gasteiger partial charge in [0.25, 0.3) is 5.91 Å². The highest BCUT2D eigenvalue weighted by Gasteiger charge is 2.56. The summed E-state index contributed by atoms with van der Waals surface area (Å²) in [7, 11) is 0. The molecule has 3 amide bonds. The number of nitrogens with zero attached hydrogens (tertiary/aromatic N) is 1. The number of quaternary nitrogens is 1. The topological polar surface area (TPSA) is 53.9 Å². The van der Waals surface area contributed by atoms with Crippen molar-refractivity contribution in [2.45, 2.75) is 38.8 Å². The van der Waals surface area contributed by atoms with Gasteiger partial charge >= 0.3 is 6.03 Å². The predicted octanol–water partition coefficient (Wildman–Crippen LogP) is 0.769. The largest absolute Gasteiger partial charge is 0.329 e. The second-order valence-electron chi connectivity index (χ2n) is 6.56. The summed E-state index contributed by atoms with van der Waals surface area (Å²) in [4.78, 5) is 27.5. The zero-order valence-corrected chi connectivity index (χ0v) is 13.3. The van der Waals surface area contributed by atoms with E-state index in [9.17, 15) is 9.59 Å². The van der Waals surface area contributed by atoms with E-state index in [2.05, 4.69) is 24.4 Å². The maximum absolute atomic E-state index is 12.7. The van der Waals surface area contributed by atoms with Crippen molar-refractivity contribution in [1.82, 2.24) is 10.2 Å². The van der Waals surface area contributed by atoms with Gasteiger partial charge in [0.1, 0.15) is 12.1 Å². The molecule has 1 aromatic rings. The molecule has 1 heterocycles. The van der Waals surface area contributed by atoms with Crippen molar-refractivity contribution in [1.29, 1.82) is 0 Å². The molecule has 0 radical (unpaired) electrons. The zero-order valence-electron chi connectivity index (χ0n) is 13.3. The van der Waals surface area contributed by atoms with Gasteiger partial charge in [-0.1, -0.05) is 30.3 Å². The van der Waals surface area contributed by atoms with Crippen LogP contribution < -0.4 is 10.2 Å². The van der Waals surface area contributed by atoms with Gasteiger partial charge in [-0.2, -0.15) is 0 Å². The average Bonchev–Trinajstić information content (AvgIpc) is 3.33. The third-order valence-corrected chi connectivity index (χ3v) is 4.87. The lowest BCUT2D eigenvalue weighted by Crippen LogP contribution is -3.12. The molecule has 3 rings (SSSR count). The molecule has 118 valence electrons. The number of nitrogens with one attached hydrogen (secondary N) is 2. The number of hydrogen-bond donors (Lipinski definition) is 2. The Labute approximate surface area is 131 Å². The molecule has 1 aliphatic heterocycles. The second kappa shape index (κ2) is 5.72. The fourth-order valence-electron chi connectivity index (χ4n) is 3.20. The van der Waals surface area contributed by atoms with Crippen LogP contribution in [0.25, 0.3) is 0 Å². The quantitative estimate of drug-likeness (QED) is 0.763. The molecule has 2 atom stereocenters. The van der Waals surface area contributed by atoms with Crippen molar-refractivity contribution in [2.24, 2.45) is 5.92 Å². The van der Waals surface area contributed by atoms with Crippen LogP contribution in [0.2, 0.25) is 0 Å². The minimum atomic E-state index is -0.678. The minimum Gasteiger partial charge on any atom is -0.323 e. The molecule has 22 heavy (non-hydrogen) atoms. The molecule has 0 spiro atoms. The number of urea groups is 1. The lowest BCUT2D eigenvalue weighted by molar-refractivity contribution is -0.919. The molecule has 2 aliphatic rings. The van der Waals surface area contributed by atoms with Gasteiger partial charge in [0.15, 0.2) is 6.67 Å². The molecule has 5 nitrogen and oxygen atoms in total. The molecule has 1 saturated carbocycles. The van der Waals surface area contributed by atoms with E-state index < -0.39 is 5.54 Å². The first-order valence-electron chi connectivity index (χ1n) is 8.06. The summed E-state index contributed by atoms with van der Waals surface area (Å²) < 4.78 is 0. The Morgan fingerprint density at radius 1 is 1.27 bits per heavy atom. The van der Waals surface area contributed by atoms with Gasteiger partial charge in [0.2, 0.25) is 0 Å². The molecule has 1 saturated heterocycles. The molecule has 0 aromatic heterocycles. The molecule has 5 heteroatoms. The van der Waals surface area contributed by atoms with Crippen molar-refractivity contribution in [3.05, 3.63) is 35.9 Å². The Morgan fingerprint density at radius 2 is 1.95 bits per heavy atom. The van der Waals surface area contributed by atoms with Crippen molar-refractivity contribution >= 4 is 11.9 Å². The van der Waals surface area contributed by atoms with Crippen LogP contribution in [-0.4, -0.2) is 35.6 Å². The van der Waals surface area contributed by atoms with E-state index in [4.69, 9.17) is 0 Å². The van der Waals surface area contributed by atoms with E-state index in [1.54, 1.807) is 0 Å². The first-order chi connectivity index (χ1) is 10.5. The van der Waals surface area contributed by atoms with Gasteiger partial charge in [-0.25, -0.2) is 9.69 Å².